The van der Waals surface area contributed by atoms with E-state index >= 15 is 0 Å². The molecule has 108 valence electrons. The molecule has 1 aromatic rings. The molecule has 0 heterocycles. The normalized spacial score (nSPS) is 10.4. The molecule has 0 aromatic heterocycles. The van der Waals surface area contributed by atoms with E-state index in [4.69, 9.17) is 9.47 Å². The molecule has 0 aliphatic heterocycles. The van der Waals surface area contributed by atoms with Crippen molar-refractivity contribution >= 4 is 0 Å². The van der Waals surface area contributed by atoms with Crippen molar-refractivity contribution < 1.29 is 9.47 Å². The molecular formula is C16H27NO2. The van der Waals surface area contributed by atoms with Crippen LogP contribution in [-0.2, 0) is 0 Å². The summed E-state index contributed by atoms with van der Waals surface area (Å²) in [5.74, 6) is 1.71. The summed E-state index contributed by atoms with van der Waals surface area (Å²) in [6.07, 6.45) is 4.42. The molecule has 0 amide bonds. The third-order valence-electron chi connectivity index (χ3n) is 2.74. The molecule has 0 aliphatic rings. The molecule has 19 heavy (non-hydrogen) atoms. The Labute approximate surface area is 117 Å². The minimum Gasteiger partial charge on any atom is -0.490 e. The number of ether oxygens (including phenoxy) is 2. The Morgan fingerprint density at radius 3 is 2.16 bits per heavy atom. The summed E-state index contributed by atoms with van der Waals surface area (Å²) >= 11 is 0. The van der Waals surface area contributed by atoms with Crippen LogP contribution in [0.15, 0.2) is 24.3 Å². The maximum absolute atomic E-state index is 5.79. The highest BCUT2D eigenvalue weighted by atomic mass is 16.5. The van der Waals surface area contributed by atoms with Crippen LogP contribution in [0.3, 0.4) is 0 Å². The Hall–Kier alpha value is -1.22. The molecule has 0 radical (unpaired) electrons. The number of nitrogens with one attached hydrogen (secondary N) is 1. The van der Waals surface area contributed by atoms with Gasteiger partial charge in [0.2, 0.25) is 0 Å². The van der Waals surface area contributed by atoms with Gasteiger partial charge in [0.15, 0.2) is 11.5 Å². The van der Waals surface area contributed by atoms with E-state index < -0.39 is 0 Å². The molecule has 0 spiro atoms. The fourth-order valence-electron chi connectivity index (χ4n) is 1.74. The third-order valence-corrected chi connectivity index (χ3v) is 2.74. The van der Waals surface area contributed by atoms with Gasteiger partial charge < -0.3 is 14.8 Å². The van der Waals surface area contributed by atoms with E-state index in [1.807, 2.05) is 24.3 Å². The van der Waals surface area contributed by atoms with Gasteiger partial charge in [-0.1, -0.05) is 26.0 Å². The van der Waals surface area contributed by atoms with E-state index in [-0.39, 0.29) is 0 Å². The van der Waals surface area contributed by atoms with Gasteiger partial charge >= 0.3 is 0 Å². The van der Waals surface area contributed by atoms with E-state index in [2.05, 4.69) is 19.2 Å². The fraction of sp³-hybridized carbons (Fsp3) is 0.625. The molecule has 3 heteroatoms. The van der Waals surface area contributed by atoms with Crippen LogP contribution >= 0.6 is 0 Å². The lowest BCUT2D eigenvalue weighted by atomic mass is 10.3. The highest BCUT2D eigenvalue weighted by molar-refractivity contribution is 5.39. The van der Waals surface area contributed by atoms with E-state index in [9.17, 15) is 0 Å². The first-order chi connectivity index (χ1) is 9.38. The smallest absolute Gasteiger partial charge is 0.161 e. The molecule has 0 unspecified atom stereocenters. The van der Waals surface area contributed by atoms with Crippen LogP contribution in [0.4, 0.5) is 0 Å². The van der Waals surface area contributed by atoms with E-state index in [0.717, 1.165) is 57.1 Å². The standard InChI is InChI=1S/C16H27NO2/c1-3-11-17-12-7-8-14-19-16-10-6-5-9-15(16)18-13-4-2/h5-6,9-10,17H,3-4,7-8,11-14H2,1-2H3. The van der Waals surface area contributed by atoms with Gasteiger partial charge in [-0.15, -0.1) is 0 Å². The number of hydrogen-bond acceptors (Lipinski definition) is 3. The minimum absolute atomic E-state index is 0.737. The summed E-state index contributed by atoms with van der Waals surface area (Å²) in [6.45, 7) is 7.96. The van der Waals surface area contributed by atoms with E-state index in [1.165, 1.54) is 6.42 Å². The quantitative estimate of drug-likeness (QED) is 0.620. The average Bonchev–Trinajstić information content (AvgIpc) is 2.45. The molecule has 1 aromatic carbocycles. The Morgan fingerprint density at radius 1 is 0.842 bits per heavy atom. The zero-order chi connectivity index (χ0) is 13.8. The first-order valence-corrected chi connectivity index (χ1v) is 7.43. The lowest BCUT2D eigenvalue weighted by Crippen LogP contribution is -2.16. The Bertz CT molecular complexity index is 328. The molecular weight excluding hydrogens is 238 g/mol. The monoisotopic (exact) mass is 265 g/mol. The lowest BCUT2D eigenvalue weighted by molar-refractivity contribution is 0.263. The average molecular weight is 265 g/mol. The van der Waals surface area contributed by atoms with Crippen LogP contribution < -0.4 is 14.8 Å². The van der Waals surface area contributed by atoms with Gasteiger partial charge in [-0.3, -0.25) is 0 Å². The first-order valence-electron chi connectivity index (χ1n) is 7.43. The maximum atomic E-state index is 5.79. The predicted octanol–water partition coefficient (Wildman–Crippen LogP) is 3.63. The van der Waals surface area contributed by atoms with E-state index in [1.54, 1.807) is 0 Å². The van der Waals surface area contributed by atoms with Crippen molar-refractivity contribution in [1.82, 2.24) is 5.32 Å². The van der Waals surface area contributed by atoms with E-state index in [0.29, 0.717) is 0 Å². The summed E-state index contributed by atoms with van der Waals surface area (Å²) in [4.78, 5) is 0. The van der Waals surface area contributed by atoms with Crippen molar-refractivity contribution in [3.05, 3.63) is 24.3 Å². The molecule has 0 atom stereocenters. The summed E-state index contributed by atoms with van der Waals surface area (Å²) in [5, 5.41) is 3.39. The van der Waals surface area contributed by atoms with Crippen LogP contribution in [0.1, 0.15) is 39.5 Å². The van der Waals surface area contributed by atoms with Gasteiger partial charge in [0.1, 0.15) is 0 Å². The number of para-hydroxylation sites is 2. The van der Waals surface area contributed by atoms with Crippen LogP contribution in [0.5, 0.6) is 11.5 Å². The van der Waals surface area contributed by atoms with Gasteiger partial charge in [0.25, 0.3) is 0 Å². The van der Waals surface area contributed by atoms with Crippen LogP contribution in [0, 0.1) is 0 Å². The van der Waals surface area contributed by atoms with Gasteiger partial charge in [0.05, 0.1) is 13.2 Å². The van der Waals surface area contributed by atoms with Crippen molar-refractivity contribution in [3.63, 3.8) is 0 Å². The number of unbranched alkanes of at least 4 members (excludes halogenated alkanes) is 1. The van der Waals surface area contributed by atoms with Crippen molar-refractivity contribution in [1.29, 1.82) is 0 Å². The second-order valence-corrected chi connectivity index (χ2v) is 4.60. The molecule has 0 aliphatic carbocycles. The number of rotatable bonds is 11. The summed E-state index contributed by atoms with van der Waals surface area (Å²) in [5.41, 5.74) is 0. The second-order valence-electron chi connectivity index (χ2n) is 4.60. The van der Waals surface area contributed by atoms with Crippen LogP contribution in [-0.4, -0.2) is 26.3 Å². The maximum Gasteiger partial charge on any atom is 0.161 e. The summed E-state index contributed by atoms with van der Waals surface area (Å²) in [7, 11) is 0. The Balaban J connectivity index is 2.21. The number of hydrogen-bond donors (Lipinski definition) is 1. The highest BCUT2D eigenvalue weighted by Crippen LogP contribution is 2.26. The summed E-state index contributed by atoms with van der Waals surface area (Å²) < 4.78 is 11.4. The first kappa shape index (κ1) is 15.8. The topological polar surface area (TPSA) is 30.5 Å². The van der Waals surface area contributed by atoms with Crippen LogP contribution in [0.25, 0.3) is 0 Å². The predicted molar refractivity (Wildman–Crippen MR) is 80.1 cm³/mol. The van der Waals surface area contributed by atoms with Crippen LogP contribution in [0.2, 0.25) is 0 Å². The third kappa shape index (κ3) is 7.06. The molecule has 1 rings (SSSR count). The van der Waals surface area contributed by atoms with Crippen molar-refractivity contribution in [3.8, 4) is 11.5 Å². The summed E-state index contributed by atoms with van der Waals surface area (Å²) in [6, 6.07) is 7.90. The largest absolute Gasteiger partial charge is 0.490 e. The van der Waals surface area contributed by atoms with Crippen molar-refractivity contribution in [2.75, 3.05) is 26.3 Å². The van der Waals surface area contributed by atoms with Gasteiger partial charge in [-0.05, 0) is 50.9 Å². The fourth-order valence-corrected chi connectivity index (χ4v) is 1.74. The van der Waals surface area contributed by atoms with Gasteiger partial charge in [0, 0.05) is 0 Å². The zero-order valence-corrected chi connectivity index (χ0v) is 12.3. The van der Waals surface area contributed by atoms with Crippen molar-refractivity contribution in [2.24, 2.45) is 0 Å². The Kier molecular flexibility index (Phi) is 8.90. The SMILES string of the molecule is CCCNCCCCOc1ccccc1OCCC. The lowest BCUT2D eigenvalue weighted by Gasteiger charge is -2.12. The molecule has 0 fully saturated rings. The highest BCUT2D eigenvalue weighted by Gasteiger charge is 2.03. The van der Waals surface area contributed by atoms with Gasteiger partial charge in [-0.2, -0.15) is 0 Å². The van der Waals surface area contributed by atoms with Crippen molar-refractivity contribution in [2.45, 2.75) is 39.5 Å². The molecule has 0 bridgehead atoms. The molecule has 3 nitrogen and oxygen atoms in total. The molecule has 0 saturated carbocycles. The zero-order valence-electron chi connectivity index (χ0n) is 12.3. The minimum atomic E-state index is 0.737. The Morgan fingerprint density at radius 2 is 1.53 bits per heavy atom. The second kappa shape index (κ2) is 10.7. The van der Waals surface area contributed by atoms with Gasteiger partial charge in [-0.25, -0.2) is 0 Å². The molecule has 1 N–H and O–H groups in total. The number of benzene rings is 1. The molecule has 0 saturated heterocycles.